The predicted molar refractivity (Wildman–Crippen MR) is 113 cm³/mol. The summed E-state index contributed by atoms with van der Waals surface area (Å²) in [6.07, 6.45) is 0.718. The third-order valence-corrected chi connectivity index (χ3v) is 5.73. The molecule has 0 aliphatic carbocycles. The zero-order valence-electron chi connectivity index (χ0n) is 16.2. The van der Waals surface area contributed by atoms with E-state index in [1.54, 1.807) is 28.8 Å². The number of hydrogen-bond acceptors (Lipinski definition) is 4. The number of aromatic nitrogens is 1. The van der Waals surface area contributed by atoms with Gasteiger partial charge in [0.1, 0.15) is 0 Å². The number of nitrogens with zero attached hydrogens (tertiary/aromatic N) is 2. The number of carbonyl (C=O) groups is 4. The summed E-state index contributed by atoms with van der Waals surface area (Å²) in [5.41, 5.74) is 2.07. The second-order valence-electron chi connectivity index (χ2n) is 7.37. The third kappa shape index (κ3) is 2.67. The third-order valence-electron chi connectivity index (χ3n) is 5.73. The number of amides is 2. The lowest BCUT2D eigenvalue weighted by Crippen LogP contribution is -2.47. The summed E-state index contributed by atoms with van der Waals surface area (Å²) in [4.78, 5) is 50.6. The number of carboxylic acid groups (broad SMARTS) is 1. The lowest BCUT2D eigenvalue weighted by atomic mass is 10.1. The first-order valence-corrected chi connectivity index (χ1v) is 9.67. The SMILES string of the molecule is O=Cc1cccc2c3ccccc3n(CC(C(=O)O)N3C(=O)c4ccccc4C3=O)c12. The molecule has 0 saturated carbocycles. The number of carboxylic acids is 1. The Hall–Kier alpha value is -4.26. The van der Waals surface area contributed by atoms with Gasteiger partial charge in [-0.25, -0.2) is 4.79 Å². The fourth-order valence-electron chi connectivity index (χ4n) is 4.36. The summed E-state index contributed by atoms with van der Waals surface area (Å²) in [5.74, 6) is -2.57. The van der Waals surface area contributed by atoms with Crippen molar-refractivity contribution in [2.75, 3.05) is 0 Å². The molecule has 0 bridgehead atoms. The highest BCUT2D eigenvalue weighted by Gasteiger charge is 2.43. The smallest absolute Gasteiger partial charge is 0.328 e. The topological polar surface area (TPSA) is 96.7 Å². The largest absolute Gasteiger partial charge is 0.480 e. The van der Waals surface area contributed by atoms with Crippen molar-refractivity contribution in [1.29, 1.82) is 0 Å². The van der Waals surface area contributed by atoms with Gasteiger partial charge in [-0.3, -0.25) is 19.3 Å². The lowest BCUT2D eigenvalue weighted by molar-refractivity contribution is -0.142. The van der Waals surface area contributed by atoms with Gasteiger partial charge >= 0.3 is 5.97 Å². The first-order valence-electron chi connectivity index (χ1n) is 9.67. The maximum Gasteiger partial charge on any atom is 0.328 e. The Labute approximate surface area is 176 Å². The first-order chi connectivity index (χ1) is 15.0. The van der Waals surface area contributed by atoms with Gasteiger partial charge < -0.3 is 9.67 Å². The molecule has 7 nitrogen and oxygen atoms in total. The Morgan fingerprint density at radius 2 is 1.48 bits per heavy atom. The fraction of sp³-hybridized carbons (Fsp3) is 0.0833. The van der Waals surface area contributed by atoms with Gasteiger partial charge in [-0.15, -0.1) is 0 Å². The number of imide groups is 1. The number of para-hydroxylation sites is 2. The van der Waals surface area contributed by atoms with Crippen LogP contribution in [0.2, 0.25) is 0 Å². The van der Waals surface area contributed by atoms with Gasteiger partial charge in [0.25, 0.3) is 11.8 Å². The molecule has 7 heteroatoms. The predicted octanol–water partition coefficient (Wildman–Crippen LogP) is 3.36. The van der Waals surface area contributed by atoms with E-state index in [1.807, 2.05) is 30.3 Å². The van der Waals surface area contributed by atoms with Crippen molar-refractivity contribution in [3.8, 4) is 0 Å². The second-order valence-corrected chi connectivity index (χ2v) is 7.37. The number of aliphatic carboxylic acids is 1. The van der Waals surface area contributed by atoms with E-state index in [2.05, 4.69) is 0 Å². The van der Waals surface area contributed by atoms with Crippen molar-refractivity contribution in [3.63, 3.8) is 0 Å². The minimum atomic E-state index is -1.44. The molecule has 0 fully saturated rings. The summed E-state index contributed by atoms with van der Waals surface area (Å²) in [7, 11) is 0. The molecule has 1 aliphatic rings. The zero-order valence-corrected chi connectivity index (χ0v) is 16.2. The fourth-order valence-corrected chi connectivity index (χ4v) is 4.36. The van der Waals surface area contributed by atoms with E-state index in [-0.39, 0.29) is 17.7 Å². The van der Waals surface area contributed by atoms with Gasteiger partial charge in [-0.1, -0.05) is 42.5 Å². The normalized spacial score (nSPS) is 14.3. The van der Waals surface area contributed by atoms with Crippen LogP contribution in [0, 0.1) is 0 Å². The molecule has 5 rings (SSSR count). The van der Waals surface area contributed by atoms with Crippen LogP contribution < -0.4 is 0 Å². The molecule has 1 aliphatic heterocycles. The minimum absolute atomic E-state index is 0.185. The van der Waals surface area contributed by atoms with Gasteiger partial charge in [0.05, 0.1) is 23.2 Å². The van der Waals surface area contributed by atoms with Crippen LogP contribution in [0.25, 0.3) is 21.8 Å². The van der Waals surface area contributed by atoms with Gasteiger partial charge in [0.15, 0.2) is 12.3 Å². The van der Waals surface area contributed by atoms with E-state index in [1.165, 1.54) is 12.1 Å². The van der Waals surface area contributed by atoms with E-state index < -0.39 is 23.8 Å². The van der Waals surface area contributed by atoms with Gasteiger partial charge in [-0.2, -0.15) is 0 Å². The molecule has 2 amide bonds. The number of benzene rings is 3. The molecule has 0 spiro atoms. The second kappa shape index (κ2) is 6.91. The van der Waals surface area contributed by atoms with Crippen molar-refractivity contribution in [2.24, 2.45) is 0 Å². The summed E-state index contributed by atoms with van der Waals surface area (Å²) in [5, 5.41) is 11.6. The highest BCUT2D eigenvalue weighted by molar-refractivity contribution is 6.22. The Morgan fingerprint density at radius 1 is 0.871 bits per heavy atom. The zero-order chi connectivity index (χ0) is 21.7. The van der Waals surface area contributed by atoms with Crippen molar-refractivity contribution in [1.82, 2.24) is 9.47 Å². The molecule has 1 unspecified atom stereocenters. The van der Waals surface area contributed by atoms with Crippen LogP contribution in [-0.2, 0) is 11.3 Å². The minimum Gasteiger partial charge on any atom is -0.480 e. The number of hydrogen-bond donors (Lipinski definition) is 1. The van der Waals surface area contributed by atoms with Crippen LogP contribution in [-0.4, -0.2) is 44.7 Å². The molecule has 4 aromatic rings. The van der Waals surface area contributed by atoms with Crippen LogP contribution in [0.4, 0.5) is 0 Å². The van der Waals surface area contributed by atoms with E-state index in [4.69, 9.17) is 0 Å². The average Bonchev–Trinajstić information content (AvgIpc) is 3.24. The molecule has 152 valence electrons. The van der Waals surface area contributed by atoms with E-state index in [9.17, 15) is 24.3 Å². The molecular weight excluding hydrogens is 396 g/mol. The molecule has 0 radical (unpaired) electrons. The van der Waals surface area contributed by atoms with E-state index in [0.29, 0.717) is 11.1 Å². The van der Waals surface area contributed by atoms with Gasteiger partial charge in [0, 0.05) is 21.9 Å². The monoisotopic (exact) mass is 412 g/mol. The molecule has 1 aromatic heterocycles. The average molecular weight is 412 g/mol. The van der Waals surface area contributed by atoms with Crippen molar-refractivity contribution < 1.29 is 24.3 Å². The molecule has 31 heavy (non-hydrogen) atoms. The van der Waals surface area contributed by atoms with Crippen molar-refractivity contribution in [2.45, 2.75) is 12.6 Å². The number of carbonyl (C=O) groups excluding carboxylic acids is 3. The van der Waals surface area contributed by atoms with Crippen LogP contribution >= 0.6 is 0 Å². The van der Waals surface area contributed by atoms with E-state index >= 15 is 0 Å². The maximum atomic E-state index is 12.9. The Bertz CT molecular complexity index is 1380. The van der Waals surface area contributed by atoms with Crippen LogP contribution in [0.3, 0.4) is 0 Å². The lowest BCUT2D eigenvalue weighted by Gasteiger charge is -2.24. The molecule has 2 heterocycles. The molecule has 1 atom stereocenters. The molecular formula is C24H16N2O5. The molecule has 3 aromatic carbocycles. The summed E-state index contributed by atoms with van der Waals surface area (Å²) in [6, 6.07) is 17.5. The van der Waals surface area contributed by atoms with Gasteiger partial charge in [0.2, 0.25) is 0 Å². The molecule has 1 N–H and O–H groups in total. The Kier molecular flexibility index (Phi) is 4.18. The van der Waals surface area contributed by atoms with Crippen molar-refractivity contribution >= 4 is 45.9 Å². The number of aldehydes is 1. The highest BCUT2D eigenvalue weighted by Crippen LogP contribution is 2.32. The summed E-state index contributed by atoms with van der Waals surface area (Å²) in [6.45, 7) is -0.185. The molecule has 0 saturated heterocycles. The Morgan fingerprint density at radius 3 is 2.13 bits per heavy atom. The maximum absolute atomic E-state index is 12.9. The van der Waals surface area contributed by atoms with Crippen molar-refractivity contribution in [3.05, 3.63) is 83.4 Å². The summed E-state index contributed by atoms with van der Waals surface area (Å²) < 4.78 is 1.71. The Balaban J connectivity index is 1.69. The standard InChI is InChI=1S/C24H16N2O5/c27-13-14-6-5-10-16-15-7-3-4-11-19(15)25(21(14)16)12-20(24(30)31)26-22(28)17-8-1-2-9-18(17)23(26)29/h1-11,13,20H,12H2,(H,30,31). The first kappa shape index (κ1) is 18.7. The summed E-state index contributed by atoms with van der Waals surface area (Å²) >= 11 is 0. The highest BCUT2D eigenvalue weighted by atomic mass is 16.4. The van der Waals surface area contributed by atoms with Crippen LogP contribution in [0.1, 0.15) is 31.1 Å². The quantitative estimate of drug-likeness (QED) is 0.401. The number of rotatable bonds is 5. The van der Waals surface area contributed by atoms with Crippen LogP contribution in [0.15, 0.2) is 66.7 Å². The van der Waals surface area contributed by atoms with E-state index in [0.717, 1.165) is 27.5 Å². The van der Waals surface area contributed by atoms with Crippen LogP contribution in [0.5, 0.6) is 0 Å². The van der Waals surface area contributed by atoms with Gasteiger partial charge in [-0.05, 0) is 24.3 Å². The number of fused-ring (bicyclic) bond motifs is 4.